The summed E-state index contributed by atoms with van der Waals surface area (Å²) >= 11 is 0. The van der Waals surface area contributed by atoms with Crippen LogP contribution in [0.25, 0.3) is 5.65 Å². The van der Waals surface area contributed by atoms with Gasteiger partial charge in [-0.05, 0) is 6.07 Å². The van der Waals surface area contributed by atoms with Gasteiger partial charge in [0, 0.05) is 25.2 Å². The van der Waals surface area contributed by atoms with Crippen LogP contribution in [0.4, 0.5) is 0 Å². The van der Waals surface area contributed by atoms with Gasteiger partial charge in [0.15, 0.2) is 0 Å². The predicted molar refractivity (Wildman–Crippen MR) is 54.8 cm³/mol. The molecule has 2 aromatic rings. The van der Waals surface area contributed by atoms with Crippen molar-refractivity contribution in [3.05, 3.63) is 34.6 Å². The first-order chi connectivity index (χ1) is 7.22. The summed E-state index contributed by atoms with van der Waals surface area (Å²) in [5.74, 6) is 0.0973. The van der Waals surface area contributed by atoms with E-state index in [1.54, 1.807) is 19.2 Å². The molecule has 0 aliphatic carbocycles. The van der Waals surface area contributed by atoms with Gasteiger partial charge < -0.3 is 4.98 Å². The normalized spacial score (nSPS) is 10.7. The molecule has 15 heavy (non-hydrogen) atoms. The van der Waals surface area contributed by atoms with Crippen molar-refractivity contribution in [2.45, 2.75) is 19.8 Å². The maximum atomic E-state index is 11.5. The summed E-state index contributed by atoms with van der Waals surface area (Å²) < 4.78 is 1.42. The van der Waals surface area contributed by atoms with Gasteiger partial charge in [-0.3, -0.25) is 4.79 Å². The van der Waals surface area contributed by atoms with Gasteiger partial charge in [0.25, 0.3) is 0 Å². The van der Waals surface area contributed by atoms with Crippen molar-refractivity contribution >= 4 is 11.4 Å². The molecule has 0 spiro atoms. The first-order valence-electron chi connectivity index (χ1n) is 4.78. The fourth-order valence-corrected chi connectivity index (χ4v) is 1.46. The molecule has 0 atom stereocenters. The summed E-state index contributed by atoms with van der Waals surface area (Å²) in [4.78, 5) is 29.4. The van der Waals surface area contributed by atoms with E-state index < -0.39 is 0 Å². The number of nitrogens with zero attached hydrogens (tertiary/aromatic N) is 2. The Morgan fingerprint density at radius 3 is 3.13 bits per heavy atom. The smallest absolute Gasteiger partial charge is 0.314 e. The van der Waals surface area contributed by atoms with Gasteiger partial charge in [0.05, 0.1) is 5.69 Å². The van der Waals surface area contributed by atoms with E-state index in [4.69, 9.17) is 0 Å². The number of fused-ring (bicyclic) bond motifs is 1. The fraction of sp³-hybridized carbons (Fsp3) is 0.300. The number of aromatic amines is 1. The number of ketones is 1. The average molecular weight is 205 g/mol. The van der Waals surface area contributed by atoms with E-state index >= 15 is 0 Å². The molecule has 0 unspecified atom stereocenters. The Kier molecular flexibility index (Phi) is 2.37. The van der Waals surface area contributed by atoms with E-state index in [0.29, 0.717) is 17.8 Å². The van der Waals surface area contributed by atoms with Gasteiger partial charge >= 0.3 is 5.69 Å². The van der Waals surface area contributed by atoms with Crippen LogP contribution in [-0.4, -0.2) is 20.2 Å². The van der Waals surface area contributed by atoms with Crippen LogP contribution in [0.2, 0.25) is 0 Å². The van der Waals surface area contributed by atoms with Crippen molar-refractivity contribution in [2.75, 3.05) is 0 Å². The number of carbonyl (C=O) groups is 1. The molecule has 78 valence electrons. The third kappa shape index (κ3) is 1.68. The zero-order valence-corrected chi connectivity index (χ0v) is 8.36. The molecule has 2 rings (SSSR count). The molecule has 5 heteroatoms. The lowest BCUT2D eigenvalue weighted by Gasteiger charge is -1.97. The number of imidazole rings is 1. The highest BCUT2D eigenvalue weighted by atomic mass is 16.1. The Balaban J connectivity index is 2.53. The van der Waals surface area contributed by atoms with Crippen molar-refractivity contribution in [1.82, 2.24) is 14.4 Å². The second kappa shape index (κ2) is 3.68. The van der Waals surface area contributed by atoms with Crippen molar-refractivity contribution in [2.24, 2.45) is 0 Å². The van der Waals surface area contributed by atoms with E-state index in [-0.39, 0.29) is 17.9 Å². The van der Waals surface area contributed by atoms with Gasteiger partial charge in [-0.1, -0.05) is 6.92 Å². The number of nitrogens with one attached hydrogen (secondary N) is 1. The number of H-pyrrole nitrogens is 1. The Labute approximate surface area is 85.8 Å². The zero-order valence-electron chi connectivity index (χ0n) is 8.36. The molecule has 0 saturated heterocycles. The minimum atomic E-state index is -0.260. The number of Topliss-reactive ketones (excluding diaryl/α,β-unsaturated/α-hetero) is 1. The highest BCUT2D eigenvalue weighted by molar-refractivity contribution is 5.80. The van der Waals surface area contributed by atoms with E-state index in [1.807, 2.05) is 0 Å². The molecule has 5 nitrogen and oxygen atoms in total. The Bertz CT molecular complexity index is 553. The first-order valence-corrected chi connectivity index (χ1v) is 4.78. The fourth-order valence-electron chi connectivity index (χ4n) is 1.46. The van der Waals surface area contributed by atoms with Crippen LogP contribution in [0.3, 0.4) is 0 Å². The molecule has 0 amide bonds. The first kappa shape index (κ1) is 9.64. The largest absolute Gasteiger partial charge is 0.331 e. The molecular weight excluding hydrogens is 194 g/mol. The third-order valence-corrected chi connectivity index (χ3v) is 2.28. The van der Waals surface area contributed by atoms with Gasteiger partial charge in [0.2, 0.25) is 0 Å². The third-order valence-electron chi connectivity index (χ3n) is 2.28. The highest BCUT2D eigenvalue weighted by Gasteiger charge is 2.08. The van der Waals surface area contributed by atoms with Crippen molar-refractivity contribution < 1.29 is 4.79 Å². The quantitative estimate of drug-likeness (QED) is 0.795. The van der Waals surface area contributed by atoms with E-state index in [0.717, 1.165) is 0 Å². The molecule has 0 bridgehead atoms. The minimum absolute atomic E-state index is 0.0973. The van der Waals surface area contributed by atoms with E-state index in [9.17, 15) is 9.59 Å². The van der Waals surface area contributed by atoms with Gasteiger partial charge in [-0.2, -0.15) is 0 Å². The molecule has 0 saturated carbocycles. The average Bonchev–Trinajstić information content (AvgIpc) is 2.63. The predicted octanol–water partition coefficient (Wildman–Crippen LogP) is 0.544. The molecule has 0 fully saturated rings. The summed E-state index contributed by atoms with van der Waals surface area (Å²) in [6, 6.07) is 1.70. The maximum Gasteiger partial charge on any atom is 0.331 e. The standard InChI is InChI=1S/C10H11N3O2/c1-2-8(14)5-7-6-12-9-3-4-11-10(15)13(7)9/h3-4,6H,2,5H2,1H3,(H,11,15). The monoisotopic (exact) mass is 205 g/mol. The topological polar surface area (TPSA) is 67.2 Å². The molecule has 0 aromatic carbocycles. The van der Waals surface area contributed by atoms with E-state index in [1.165, 1.54) is 10.6 Å². The van der Waals surface area contributed by atoms with E-state index in [2.05, 4.69) is 9.97 Å². The lowest BCUT2D eigenvalue weighted by Crippen LogP contribution is -2.18. The van der Waals surface area contributed by atoms with Crippen LogP contribution in [0.15, 0.2) is 23.3 Å². The van der Waals surface area contributed by atoms with Crippen LogP contribution in [0.5, 0.6) is 0 Å². The number of hydrogen-bond acceptors (Lipinski definition) is 3. The van der Waals surface area contributed by atoms with Gasteiger partial charge in [-0.15, -0.1) is 0 Å². The number of aromatic nitrogens is 3. The Hall–Kier alpha value is -1.91. The van der Waals surface area contributed by atoms with Crippen LogP contribution < -0.4 is 5.69 Å². The van der Waals surface area contributed by atoms with Crippen molar-refractivity contribution in [1.29, 1.82) is 0 Å². The van der Waals surface area contributed by atoms with Crippen LogP contribution in [0.1, 0.15) is 19.0 Å². The SMILES string of the molecule is CCC(=O)Cc1cnc2cc[nH]c(=O)n12. The summed E-state index contributed by atoms with van der Waals surface area (Å²) in [5.41, 5.74) is 0.945. The molecule has 0 aliphatic heterocycles. The van der Waals surface area contributed by atoms with Crippen molar-refractivity contribution in [3.8, 4) is 0 Å². The van der Waals surface area contributed by atoms with Crippen molar-refractivity contribution in [3.63, 3.8) is 0 Å². The second-order valence-electron chi connectivity index (χ2n) is 3.29. The molecular formula is C10H11N3O2. The van der Waals surface area contributed by atoms with Gasteiger partial charge in [-0.25, -0.2) is 14.2 Å². The summed E-state index contributed by atoms with van der Waals surface area (Å²) in [6.45, 7) is 1.80. The van der Waals surface area contributed by atoms with Gasteiger partial charge in [0.1, 0.15) is 11.4 Å². The zero-order chi connectivity index (χ0) is 10.8. The van der Waals surface area contributed by atoms with Crippen LogP contribution in [-0.2, 0) is 11.2 Å². The summed E-state index contributed by atoms with van der Waals surface area (Å²) in [7, 11) is 0. The minimum Gasteiger partial charge on any atom is -0.314 e. The highest BCUT2D eigenvalue weighted by Crippen LogP contribution is 2.04. The number of hydrogen-bond donors (Lipinski definition) is 1. The second-order valence-corrected chi connectivity index (χ2v) is 3.29. The Morgan fingerprint density at radius 1 is 1.60 bits per heavy atom. The van der Waals surface area contributed by atoms with Crippen LogP contribution in [0, 0.1) is 0 Å². The molecule has 0 radical (unpaired) electrons. The molecule has 1 N–H and O–H groups in total. The molecule has 0 aliphatic rings. The van der Waals surface area contributed by atoms with Crippen LogP contribution >= 0.6 is 0 Å². The lowest BCUT2D eigenvalue weighted by atomic mass is 10.2. The summed E-state index contributed by atoms with van der Waals surface area (Å²) in [5, 5.41) is 0. The number of rotatable bonds is 3. The maximum absolute atomic E-state index is 11.5. The number of carbonyl (C=O) groups excluding carboxylic acids is 1. The Morgan fingerprint density at radius 2 is 2.40 bits per heavy atom. The summed E-state index contributed by atoms with van der Waals surface area (Å²) in [6.07, 6.45) is 3.83. The molecule has 2 aromatic heterocycles. The lowest BCUT2D eigenvalue weighted by molar-refractivity contribution is -0.118. The molecule has 2 heterocycles.